The molecular formula is C25H20N2O4. The Labute approximate surface area is 179 Å². The van der Waals surface area contributed by atoms with Crippen LogP contribution in [0.15, 0.2) is 72.8 Å². The Morgan fingerprint density at radius 2 is 1.58 bits per heavy atom. The quantitative estimate of drug-likeness (QED) is 0.489. The Hall–Kier alpha value is -3.93. The van der Waals surface area contributed by atoms with E-state index >= 15 is 0 Å². The molecule has 1 atom stereocenters. The predicted molar refractivity (Wildman–Crippen MR) is 116 cm³/mol. The van der Waals surface area contributed by atoms with Crippen molar-refractivity contribution in [2.24, 2.45) is 0 Å². The van der Waals surface area contributed by atoms with Gasteiger partial charge in [0.05, 0.1) is 19.2 Å². The Kier molecular flexibility index (Phi) is 4.18. The van der Waals surface area contributed by atoms with Crippen LogP contribution in [-0.4, -0.2) is 31.9 Å². The van der Waals surface area contributed by atoms with E-state index in [1.807, 2.05) is 54.6 Å². The van der Waals surface area contributed by atoms with Crippen LogP contribution in [0.5, 0.6) is 0 Å². The molecule has 0 aliphatic carbocycles. The summed E-state index contributed by atoms with van der Waals surface area (Å²) in [6.45, 7) is 0.349. The van der Waals surface area contributed by atoms with E-state index in [9.17, 15) is 14.4 Å². The number of likely N-dealkylation sites (N-methyl/N-ethyl adjacent to an activating group) is 1. The lowest BCUT2D eigenvalue weighted by molar-refractivity contribution is -0.131. The molecule has 3 aromatic carbocycles. The average Bonchev–Trinajstić information content (AvgIpc) is 3.19. The van der Waals surface area contributed by atoms with Gasteiger partial charge in [0, 0.05) is 29.5 Å². The number of rotatable bonds is 3. The standard InChI is InChI=1S/C25H20N2O4/c1-26-20-13-12-17(22(28)31-2)14-19(20)25(23(26)29)18-10-6-7-11-21(18)27(24(25)30)15-16-8-4-3-5-9-16/h3-14H,15H2,1-2H3. The molecule has 2 aliphatic heterocycles. The molecule has 6 heteroatoms. The molecule has 2 aliphatic rings. The van der Waals surface area contributed by atoms with Crippen molar-refractivity contribution in [2.75, 3.05) is 24.0 Å². The van der Waals surface area contributed by atoms with Gasteiger partial charge in [-0.1, -0.05) is 48.5 Å². The van der Waals surface area contributed by atoms with Crippen molar-refractivity contribution in [2.45, 2.75) is 12.0 Å². The molecule has 1 unspecified atom stereocenters. The summed E-state index contributed by atoms with van der Waals surface area (Å²) in [5.41, 5.74) is 2.21. The van der Waals surface area contributed by atoms with Crippen LogP contribution in [0.1, 0.15) is 27.0 Å². The van der Waals surface area contributed by atoms with Gasteiger partial charge in [0.1, 0.15) is 0 Å². The normalized spacial score (nSPS) is 19.0. The van der Waals surface area contributed by atoms with E-state index < -0.39 is 11.4 Å². The first-order chi connectivity index (χ1) is 15.0. The lowest BCUT2D eigenvalue weighted by Gasteiger charge is -2.23. The van der Waals surface area contributed by atoms with Crippen molar-refractivity contribution in [3.05, 3.63) is 95.1 Å². The highest BCUT2D eigenvalue weighted by atomic mass is 16.5. The van der Waals surface area contributed by atoms with E-state index in [2.05, 4.69) is 0 Å². The molecule has 0 aromatic heterocycles. The number of esters is 1. The number of methoxy groups -OCH3 is 1. The molecule has 2 heterocycles. The number of amides is 2. The third-order valence-corrected chi connectivity index (χ3v) is 6.16. The Morgan fingerprint density at radius 1 is 0.871 bits per heavy atom. The molecule has 31 heavy (non-hydrogen) atoms. The number of fused-ring (bicyclic) bond motifs is 4. The first-order valence-electron chi connectivity index (χ1n) is 9.96. The van der Waals surface area contributed by atoms with Crippen molar-refractivity contribution in [1.82, 2.24) is 0 Å². The van der Waals surface area contributed by atoms with Crippen molar-refractivity contribution >= 4 is 29.2 Å². The van der Waals surface area contributed by atoms with E-state index in [4.69, 9.17) is 4.74 Å². The smallest absolute Gasteiger partial charge is 0.337 e. The fraction of sp³-hybridized carbons (Fsp3) is 0.160. The maximum Gasteiger partial charge on any atom is 0.337 e. The zero-order chi connectivity index (χ0) is 21.8. The van der Waals surface area contributed by atoms with Gasteiger partial charge in [-0.2, -0.15) is 0 Å². The van der Waals surface area contributed by atoms with Crippen molar-refractivity contribution < 1.29 is 19.1 Å². The summed E-state index contributed by atoms with van der Waals surface area (Å²) >= 11 is 0. The van der Waals surface area contributed by atoms with Gasteiger partial charge in [-0.3, -0.25) is 9.59 Å². The van der Waals surface area contributed by atoms with Crippen LogP contribution in [0, 0.1) is 0 Å². The SMILES string of the molecule is COC(=O)c1ccc2c(c1)C1(C(=O)N2C)C(=O)N(Cc2ccccc2)c2ccccc21. The average molecular weight is 412 g/mol. The topological polar surface area (TPSA) is 66.9 Å². The number of nitrogens with zero attached hydrogens (tertiary/aromatic N) is 2. The molecule has 3 aromatic rings. The molecule has 154 valence electrons. The molecule has 5 rings (SSSR count). The number of ether oxygens (including phenoxy) is 1. The van der Waals surface area contributed by atoms with Gasteiger partial charge >= 0.3 is 5.97 Å². The zero-order valence-electron chi connectivity index (χ0n) is 17.2. The van der Waals surface area contributed by atoms with E-state index in [0.717, 1.165) is 5.56 Å². The third kappa shape index (κ3) is 2.48. The van der Waals surface area contributed by atoms with Gasteiger partial charge in [-0.05, 0) is 29.8 Å². The Balaban J connectivity index is 1.74. The fourth-order valence-corrected chi connectivity index (χ4v) is 4.69. The number of carbonyl (C=O) groups excluding carboxylic acids is 3. The molecule has 0 radical (unpaired) electrons. The number of hydrogen-bond acceptors (Lipinski definition) is 4. The minimum atomic E-state index is -1.51. The van der Waals surface area contributed by atoms with E-state index in [-0.39, 0.29) is 11.8 Å². The Bertz CT molecular complexity index is 1240. The molecule has 0 N–H and O–H groups in total. The van der Waals surface area contributed by atoms with Gasteiger partial charge in [0.2, 0.25) is 0 Å². The second-order valence-electron chi connectivity index (χ2n) is 7.73. The number of anilines is 2. The van der Waals surface area contributed by atoms with Crippen molar-refractivity contribution in [3.8, 4) is 0 Å². The lowest BCUT2D eigenvalue weighted by Crippen LogP contribution is -2.47. The molecule has 6 nitrogen and oxygen atoms in total. The van der Waals surface area contributed by atoms with Gasteiger partial charge in [-0.25, -0.2) is 4.79 Å². The zero-order valence-corrected chi connectivity index (χ0v) is 17.2. The second-order valence-corrected chi connectivity index (χ2v) is 7.73. The molecule has 0 saturated heterocycles. The van der Waals surface area contributed by atoms with Gasteiger partial charge in [0.15, 0.2) is 5.41 Å². The van der Waals surface area contributed by atoms with Gasteiger partial charge in [-0.15, -0.1) is 0 Å². The van der Waals surface area contributed by atoms with E-state index in [1.54, 1.807) is 30.1 Å². The summed E-state index contributed by atoms with van der Waals surface area (Å²) in [4.78, 5) is 43.0. The van der Waals surface area contributed by atoms with Crippen LogP contribution in [0.2, 0.25) is 0 Å². The fourth-order valence-electron chi connectivity index (χ4n) is 4.69. The van der Waals surface area contributed by atoms with Crippen molar-refractivity contribution in [3.63, 3.8) is 0 Å². The predicted octanol–water partition coefficient (Wildman–Crippen LogP) is 3.28. The highest BCUT2D eigenvalue weighted by Crippen LogP contribution is 2.54. The van der Waals surface area contributed by atoms with Crippen LogP contribution >= 0.6 is 0 Å². The summed E-state index contributed by atoms with van der Waals surface area (Å²) in [7, 11) is 2.96. The second kappa shape index (κ2) is 6.80. The number of benzene rings is 3. The van der Waals surface area contributed by atoms with Crippen LogP contribution < -0.4 is 9.80 Å². The molecule has 1 spiro atoms. The summed E-state index contributed by atoms with van der Waals surface area (Å²) in [5.74, 6) is -1.15. The van der Waals surface area contributed by atoms with Gasteiger partial charge < -0.3 is 14.5 Å². The highest BCUT2D eigenvalue weighted by molar-refractivity contribution is 6.31. The van der Waals surface area contributed by atoms with Crippen LogP contribution in [0.4, 0.5) is 11.4 Å². The summed E-state index contributed by atoms with van der Waals surface area (Å²) < 4.78 is 4.86. The maximum absolute atomic E-state index is 14.0. The third-order valence-electron chi connectivity index (χ3n) is 6.16. The highest BCUT2D eigenvalue weighted by Gasteiger charge is 2.63. The molecule has 0 saturated carbocycles. The number of hydrogen-bond donors (Lipinski definition) is 0. The van der Waals surface area contributed by atoms with Crippen LogP contribution in [0.25, 0.3) is 0 Å². The monoisotopic (exact) mass is 412 g/mol. The van der Waals surface area contributed by atoms with Crippen LogP contribution in [0.3, 0.4) is 0 Å². The Morgan fingerprint density at radius 3 is 2.32 bits per heavy atom. The first kappa shape index (κ1) is 19.1. The van der Waals surface area contributed by atoms with Crippen LogP contribution in [-0.2, 0) is 26.3 Å². The maximum atomic E-state index is 14.0. The lowest BCUT2D eigenvalue weighted by atomic mass is 9.76. The minimum absolute atomic E-state index is 0.301. The summed E-state index contributed by atoms with van der Waals surface area (Å²) in [6.07, 6.45) is 0. The van der Waals surface area contributed by atoms with E-state index in [0.29, 0.717) is 34.6 Å². The molecule has 0 fully saturated rings. The largest absolute Gasteiger partial charge is 0.465 e. The first-order valence-corrected chi connectivity index (χ1v) is 9.96. The number of carbonyl (C=O) groups is 3. The molecule has 2 amide bonds. The molecule has 0 bridgehead atoms. The number of para-hydroxylation sites is 1. The van der Waals surface area contributed by atoms with Crippen molar-refractivity contribution in [1.29, 1.82) is 0 Å². The molecular weight excluding hydrogens is 392 g/mol. The summed E-state index contributed by atoms with van der Waals surface area (Å²) in [6, 6.07) is 22.0. The minimum Gasteiger partial charge on any atom is -0.465 e. The van der Waals surface area contributed by atoms with E-state index in [1.165, 1.54) is 12.0 Å². The van der Waals surface area contributed by atoms with Gasteiger partial charge in [0.25, 0.3) is 11.8 Å². The summed E-state index contributed by atoms with van der Waals surface area (Å²) in [5, 5.41) is 0.